The number of alkyl halides is 3. The predicted molar refractivity (Wildman–Crippen MR) is 85.7 cm³/mol. The highest BCUT2D eigenvalue weighted by molar-refractivity contribution is 5.97. The number of rotatable bonds is 5. The van der Waals surface area contributed by atoms with Crippen molar-refractivity contribution >= 4 is 22.9 Å². The monoisotopic (exact) mass is 373 g/mol. The van der Waals surface area contributed by atoms with Crippen molar-refractivity contribution in [2.24, 2.45) is 0 Å². The van der Waals surface area contributed by atoms with Gasteiger partial charge in [-0.25, -0.2) is 9.78 Å². The maximum absolute atomic E-state index is 13.2. The molecule has 0 bridgehead atoms. The van der Waals surface area contributed by atoms with E-state index in [9.17, 15) is 27.9 Å². The molecule has 1 amide bonds. The largest absolute Gasteiger partial charge is 0.479 e. The number of carbonyl (C=O) groups is 2. The third kappa shape index (κ3) is 3.79. The van der Waals surface area contributed by atoms with E-state index in [0.717, 1.165) is 11.5 Å². The zero-order valence-electron chi connectivity index (χ0n) is 14.3. The highest BCUT2D eigenvalue weighted by Crippen LogP contribution is 2.33. The van der Waals surface area contributed by atoms with Crippen molar-refractivity contribution in [2.75, 3.05) is 6.54 Å². The van der Waals surface area contributed by atoms with Crippen molar-refractivity contribution in [3.63, 3.8) is 0 Å². The van der Waals surface area contributed by atoms with Crippen LogP contribution in [0.1, 0.15) is 43.0 Å². The summed E-state index contributed by atoms with van der Waals surface area (Å²) in [5.41, 5.74) is -1.95. The first-order valence-electron chi connectivity index (χ1n) is 7.67. The SMILES string of the molecule is CC(C)n1c(C(F)(F)F)nc2cc(C(=O)NCC(C)(O)C(=O)O)ccc21. The minimum absolute atomic E-state index is 0.000759. The maximum Gasteiger partial charge on any atom is 0.449 e. The Bertz CT molecular complexity index is 856. The van der Waals surface area contributed by atoms with E-state index in [0.29, 0.717) is 0 Å². The Hall–Kier alpha value is -2.62. The number of aliphatic hydroxyl groups is 1. The summed E-state index contributed by atoms with van der Waals surface area (Å²) < 4.78 is 40.6. The number of nitrogens with zero attached hydrogens (tertiary/aromatic N) is 2. The highest BCUT2D eigenvalue weighted by Gasteiger charge is 2.38. The molecule has 0 spiro atoms. The van der Waals surface area contributed by atoms with Gasteiger partial charge in [-0.2, -0.15) is 13.2 Å². The highest BCUT2D eigenvalue weighted by atomic mass is 19.4. The van der Waals surface area contributed by atoms with Crippen molar-refractivity contribution in [1.82, 2.24) is 14.9 Å². The third-order valence-corrected chi connectivity index (χ3v) is 3.78. The van der Waals surface area contributed by atoms with Gasteiger partial charge in [-0.1, -0.05) is 0 Å². The molecule has 0 aliphatic heterocycles. The summed E-state index contributed by atoms with van der Waals surface area (Å²) in [6, 6.07) is 3.35. The molecule has 10 heteroatoms. The first-order valence-corrected chi connectivity index (χ1v) is 7.67. The van der Waals surface area contributed by atoms with Gasteiger partial charge in [-0.15, -0.1) is 0 Å². The van der Waals surface area contributed by atoms with Crippen LogP contribution in [0.15, 0.2) is 18.2 Å². The summed E-state index contributed by atoms with van der Waals surface area (Å²) in [5, 5.41) is 20.6. The smallest absolute Gasteiger partial charge is 0.449 e. The Morgan fingerprint density at radius 1 is 1.31 bits per heavy atom. The lowest BCUT2D eigenvalue weighted by Gasteiger charge is -2.18. The van der Waals surface area contributed by atoms with Crippen molar-refractivity contribution < 1.29 is 33.0 Å². The van der Waals surface area contributed by atoms with Crippen LogP contribution < -0.4 is 5.32 Å². The molecule has 1 heterocycles. The average molecular weight is 373 g/mol. The number of carboxylic acid groups (broad SMARTS) is 1. The first kappa shape index (κ1) is 19.7. The van der Waals surface area contributed by atoms with Crippen LogP contribution in [0.3, 0.4) is 0 Å². The predicted octanol–water partition coefficient (Wildman–Crippen LogP) is 2.20. The van der Waals surface area contributed by atoms with E-state index in [1.54, 1.807) is 13.8 Å². The van der Waals surface area contributed by atoms with E-state index in [-0.39, 0.29) is 16.6 Å². The molecule has 0 aliphatic rings. The zero-order chi connectivity index (χ0) is 19.9. The lowest BCUT2D eigenvalue weighted by Crippen LogP contribution is -2.46. The minimum Gasteiger partial charge on any atom is -0.479 e. The lowest BCUT2D eigenvalue weighted by molar-refractivity contribution is -0.155. The number of fused-ring (bicyclic) bond motifs is 1. The summed E-state index contributed by atoms with van der Waals surface area (Å²) in [6.07, 6.45) is -4.65. The van der Waals surface area contributed by atoms with Gasteiger partial charge >= 0.3 is 12.1 Å². The topological polar surface area (TPSA) is 104 Å². The van der Waals surface area contributed by atoms with Gasteiger partial charge in [0.25, 0.3) is 5.91 Å². The molecule has 1 unspecified atom stereocenters. The van der Waals surface area contributed by atoms with Gasteiger partial charge in [-0.05, 0) is 39.0 Å². The second-order valence-corrected chi connectivity index (χ2v) is 6.36. The maximum atomic E-state index is 13.2. The quantitative estimate of drug-likeness (QED) is 0.745. The second kappa shape index (κ2) is 6.60. The van der Waals surface area contributed by atoms with Crippen LogP contribution in [-0.2, 0) is 11.0 Å². The van der Waals surface area contributed by atoms with Crippen LogP contribution in [0.5, 0.6) is 0 Å². The van der Waals surface area contributed by atoms with Crippen LogP contribution in [0.2, 0.25) is 0 Å². The van der Waals surface area contributed by atoms with E-state index in [2.05, 4.69) is 10.3 Å². The summed E-state index contributed by atoms with van der Waals surface area (Å²) in [5.74, 6) is -3.31. The van der Waals surface area contributed by atoms with Crippen LogP contribution in [0.25, 0.3) is 11.0 Å². The number of carboxylic acids is 1. The van der Waals surface area contributed by atoms with E-state index in [1.165, 1.54) is 18.2 Å². The summed E-state index contributed by atoms with van der Waals surface area (Å²) in [7, 11) is 0. The van der Waals surface area contributed by atoms with Gasteiger partial charge in [0.15, 0.2) is 5.60 Å². The standard InChI is InChI=1S/C16H18F3N3O4/c1-8(2)22-11-5-4-9(6-10(11)21-13(22)16(17,18)19)12(23)20-7-15(3,26)14(24)25/h4-6,8,26H,7H2,1-3H3,(H,20,23)(H,24,25). The summed E-state index contributed by atoms with van der Waals surface area (Å²) in [6.45, 7) is 3.63. The number of amides is 1. The van der Waals surface area contributed by atoms with Crippen LogP contribution >= 0.6 is 0 Å². The number of halogens is 3. The van der Waals surface area contributed by atoms with Gasteiger partial charge in [0.05, 0.1) is 17.6 Å². The van der Waals surface area contributed by atoms with Crippen molar-refractivity contribution in [3.05, 3.63) is 29.6 Å². The summed E-state index contributed by atoms with van der Waals surface area (Å²) >= 11 is 0. The Morgan fingerprint density at radius 3 is 2.42 bits per heavy atom. The molecule has 142 valence electrons. The van der Waals surface area contributed by atoms with Crippen LogP contribution in [-0.4, -0.2) is 43.8 Å². The Kier molecular flexibility index (Phi) is 5.00. The molecule has 1 atom stereocenters. The Labute approximate surface area is 146 Å². The lowest BCUT2D eigenvalue weighted by atomic mass is 10.1. The molecule has 3 N–H and O–H groups in total. The fraction of sp³-hybridized carbons (Fsp3) is 0.438. The van der Waals surface area contributed by atoms with E-state index >= 15 is 0 Å². The summed E-state index contributed by atoms with van der Waals surface area (Å²) in [4.78, 5) is 26.5. The van der Waals surface area contributed by atoms with Gasteiger partial charge in [0.2, 0.25) is 5.82 Å². The molecule has 0 fully saturated rings. The number of hydrogen-bond acceptors (Lipinski definition) is 4. The Morgan fingerprint density at radius 2 is 1.92 bits per heavy atom. The van der Waals surface area contributed by atoms with Crippen LogP contribution in [0, 0.1) is 0 Å². The molecule has 0 aliphatic carbocycles. The van der Waals surface area contributed by atoms with Crippen molar-refractivity contribution in [2.45, 2.75) is 38.6 Å². The Balaban J connectivity index is 2.37. The number of hydrogen-bond donors (Lipinski definition) is 3. The normalized spacial score (nSPS) is 14.5. The molecule has 2 rings (SSSR count). The average Bonchev–Trinajstić information content (AvgIpc) is 2.91. The van der Waals surface area contributed by atoms with Crippen LogP contribution in [0.4, 0.5) is 13.2 Å². The van der Waals surface area contributed by atoms with Gasteiger partial charge in [-0.3, -0.25) is 4.79 Å². The van der Waals surface area contributed by atoms with Gasteiger partial charge in [0, 0.05) is 11.6 Å². The molecule has 2 aromatic rings. The van der Waals surface area contributed by atoms with E-state index < -0.39 is 42.1 Å². The van der Waals surface area contributed by atoms with E-state index in [4.69, 9.17) is 5.11 Å². The first-order chi connectivity index (χ1) is 11.8. The number of aromatic nitrogens is 2. The molecule has 1 aromatic carbocycles. The zero-order valence-corrected chi connectivity index (χ0v) is 14.3. The fourth-order valence-corrected chi connectivity index (χ4v) is 2.39. The molecule has 0 radical (unpaired) electrons. The molecule has 1 aromatic heterocycles. The van der Waals surface area contributed by atoms with Crippen molar-refractivity contribution in [1.29, 1.82) is 0 Å². The molecule has 0 saturated carbocycles. The molecule has 7 nitrogen and oxygen atoms in total. The molecule has 0 saturated heterocycles. The number of imidazole rings is 1. The number of benzene rings is 1. The molecule has 26 heavy (non-hydrogen) atoms. The minimum atomic E-state index is -4.65. The van der Waals surface area contributed by atoms with Gasteiger partial charge < -0.3 is 20.1 Å². The number of aliphatic carboxylic acids is 1. The number of carbonyl (C=O) groups excluding carboxylic acids is 1. The molecular weight excluding hydrogens is 355 g/mol. The van der Waals surface area contributed by atoms with E-state index in [1.807, 2.05) is 0 Å². The third-order valence-electron chi connectivity index (χ3n) is 3.78. The second-order valence-electron chi connectivity index (χ2n) is 6.36. The molecular formula is C16H18F3N3O4. The van der Waals surface area contributed by atoms with Gasteiger partial charge in [0.1, 0.15) is 0 Å². The number of nitrogens with one attached hydrogen (secondary N) is 1. The fourth-order valence-electron chi connectivity index (χ4n) is 2.39. The van der Waals surface area contributed by atoms with Crippen molar-refractivity contribution in [3.8, 4) is 0 Å².